The van der Waals surface area contributed by atoms with Gasteiger partial charge in [-0.15, -0.1) is 0 Å². The van der Waals surface area contributed by atoms with Crippen LogP contribution in [0.2, 0.25) is 5.02 Å². The fourth-order valence-electron chi connectivity index (χ4n) is 3.08. The zero-order valence-corrected chi connectivity index (χ0v) is 13.3. The molecule has 3 heteroatoms. The number of nitrogens with zero attached hydrogens (tertiary/aromatic N) is 1. The quantitative estimate of drug-likeness (QED) is 0.910. The van der Waals surface area contributed by atoms with Gasteiger partial charge in [0.25, 0.3) is 0 Å². The molecule has 2 aromatic rings. The van der Waals surface area contributed by atoms with Gasteiger partial charge in [-0.2, -0.15) is 0 Å². The molecule has 0 saturated carbocycles. The molecule has 1 atom stereocenters. The van der Waals surface area contributed by atoms with E-state index in [0.717, 1.165) is 24.4 Å². The second-order valence-corrected chi connectivity index (χ2v) is 6.45. The third-order valence-electron chi connectivity index (χ3n) is 4.14. The van der Waals surface area contributed by atoms with Crippen molar-refractivity contribution >= 4 is 11.6 Å². The highest BCUT2D eigenvalue weighted by atomic mass is 35.5. The number of rotatable bonds is 4. The van der Waals surface area contributed by atoms with Crippen molar-refractivity contribution in [3.63, 3.8) is 0 Å². The number of halogens is 1. The lowest BCUT2D eigenvalue weighted by molar-refractivity contribution is 0.583. The summed E-state index contributed by atoms with van der Waals surface area (Å²) in [6.07, 6.45) is 4.13. The molecule has 1 aliphatic rings. The van der Waals surface area contributed by atoms with E-state index in [1.54, 1.807) is 0 Å². The van der Waals surface area contributed by atoms with Crippen LogP contribution < -0.4 is 5.32 Å². The molecule has 1 heterocycles. The molecule has 0 spiro atoms. The van der Waals surface area contributed by atoms with E-state index in [1.807, 2.05) is 18.3 Å². The molecule has 1 unspecified atom stereocenters. The van der Waals surface area contributed by atoms with E-state index in [2.05, 4.69) is 42.3 Å². The van der Waals surface area contributed by atoms with Gasteiger partial charge in [-0.1, -0.05) is 37.6 Å². The lowest BCUT2D eigenvalue weighted by atomic mass is 9.92. The Labute approximate surface area is 131 Å². The molecule has 0 aliphatic heterocycles. The van der Waals surface area contributed by atoms with Crippen LogP contribution in [0.4, 0.5) is 0 Å². The average molecular weight is 301 g/mol. The highest BCUT2D eigenvalue weighted by Crippen LogP contribution is 2.38. The Bertz CT molecular complexity index is 637. The van der Waals surface area contributed by atoms with Gasteiger partial charge in [0.2, 0.25) is 0 Å². The number of aromatic nitrogens is 1. The maximum absolute atomic E-state index is 6.24. The van der Waals surface area contributed by atoms with E-state index in [-0.39, 0.29) is 0 Å². The number of hydrogen-bond donors (Lipinski definition) is 1. The first-order valence-electron chi connectivity index (χ1n) is 7.60. The topological polar surface area (TPSA) is 24.9 Å². The number of aryl methyl sites for hydroxylation is 1. The Morgan fingerprint density at radius 2 is 2.19 bits per heavy atom. The van der Waals surface area contributed by atoms with Crippen molar-refractivity contribution in [2.24, 2.45) is 0 Å². The lowest BCUT2D eigenvalue weighted by Gasteiger charge is -2.18. The average Bonchev–Trinajstić information content (AvgIpc) is 2.89. The highest BCUT2D eigenvalue weighted by Gasteiger charge is 2.27. The van der Waals surface area contributed by atoms with Crippen molar-refractivity contribution in [3.8, 4) is 0 Å². The molecule has 0 amide bonds. The summed E-state index contributed by atoms with van der Waals surface area (Å²) in [6.45, 7) is 5.22. The number of pyridine rings is 1. The summed E-state index contributed by atoms with van der Waals surface area (Å²) in [4.78, 5) is 4.62. The number of fused-ring (bicyclic) bond motifs is 1. The van der Waals surface area contributed by atoms with Crippen LogP contribution in [0.3, 0.4) is 0 Å². The van der Waals surface area contributed by atoms with Gasteiger partial charge in [-0.3, -0.25) is 4.98 Å². The molecular formula is C18H21ClN2. The second-order valence-electron chi connectivity index (χ2n) is 6.02. The fraction of sp³-hybridized carbons (Fsp3) is 0.389. The van der Waals surface area contributed by atoms with Crippen LogP contribution in [0.1, 0.15) is 48.6 Å². The normalized spacial score (nSPS) is 17.2. The molecular weight excluding hydrogens is 280 g/mol. The van der Waals surface area contributed by atoms with Crippen molar-refractivity contribution in [1.29, 1.82) is 0 Å². The zero-order valence-electron chi connectivity index (χ0n) is 12.6. The first kappa shape index (κ1) is 14.6. The minimum Gasteiger partial charge on any atom is -0.310 e. The van der Waals surface area contributed by atoms with E-state index >= 15 is 0 Å². The maximum Gasteiger partial charge on any atom is 0.0510 e. The van der Waals surface area contributed by atoms with Crippen molar-refractivity contribution in [2.45, 2.75) is 45.2 Å². The van der Waals surface area contributed by atoms with E-state index in [0.29, 0.717) is 12.0 Å². The standard InChI is InChI=1S/C18H21ClN2/c1-12(2)21-11-14-5-7-15(19)10-17(14)16-8-6-13-4-3-9-20-18(13)16/h3-5,7,9-10,12,16,21H,6,8,11H2,1-2H3. The van der Waals surface area contributed by atoms with Gasteiger partial charge >= 0.3 is 0 Å². The van der Waals surface area contributed by atoms with Crippen LogP contribution >= 0.6 is 11.6 Å². The van der Waals surface area contributed by atoms with Gasteiger partial charge in [0, 0.05) is 29.7 Å². The monoisotopic (exact) mass is 300 g/mol. The predicted molar refractivity (Wildman–Crippen MR) is 87.8 cm³/mol. The van der Waals surface area contributed by atoms with Gasteiger partial charge in [-0.25, -0.2) is 0 Å². The minimum atomic E-state index is 0.379. The van der Waals surface area contributed by atoms with E-state index < -0.39 is 0 Å². The minimum absolute atomic E-state index is 0.379. The molecule has 0 saturated heterocycles. The Morgan fingerprint density at radius 1 is 1.33 bits per heavy atom. The van der Waals surface area contributed by atoms with Crippen molar-refractivity contribution in [1.82, 2.24) is 10.3 Å². The van der Waals surface area contributed by atoms with Gasteiger partial charge < -0.3 is 5.32 Å². The SMILES string of the molecule is CC(C)NCc1ccc(Cl)cc1C1CCc2cccnc21. The zero-order chi connectivity index (χ0) is 14.8. The highest BCUT2D eigenvalue weighted by molar-refractivity contribution is 6.30. The largest absolute Gasteiger partial charge is 0.310 e. The molecule has 3 rings (SSSR count). The molecule has 2 nitrogen and oxygen atoms in total. The molecule has 0 fully saturated rings. The summed E-state index contributed by atoms with van der Waals surface area (Å²) in [5.41, 5.74) is 5.26. The van der Waals surface area contributed by atoms with Gasteiger partial charge in [0.05, 0.1) is 5.69 Å². The predicted octanol–water partition coefficient (Wildman–Crippen LogP) is 4.31. The van der Waals surface area contributed by atoms with Gasteiger partial charge in [0.1, 0.15) is 0 Å². The lowest BCUT2D eigenvalue weighted by Crippen LogP contribution is -2.23. The number of benzene rings is 1. The Kier molecular flexibility index (Phi) is 4.27. The summed E-state index contributed by atoms with van der Waals surface area (Å²) in [7, 11) is 0. The first-order valence-corrected chi connectivity index (χ1v) is 7.98. The van der Waals surface area contributed by atoms with Crippen molar-refractivity contribution in [2.75, 3.05) is 0 Å². The second kappa shape index (κ2) is 6.17. The van der Waals surface area contributed by atoms with Crippen LogP contribution in [0.15, 0.2) is 36.5 Å². The molecule has 1 aliphatic carbocycles. The molecule has 0 radical (unpaired) electrons. The van der Waals surface area contributed by atoms with Crippen LogP contribution in [-0.4, -0.2) is 11.0 Å². The van der Waals surface area contributed by atoms with Crippen molar-refractivity contribution in [3.05, 3.63) is 63.9 Å². The van der Waals surface area contributed by atoms with Crippen LogP contribution in [-0.2, 0) is 13.0 Å². The summed E-state index contributed by atoms with van der Waals surface area (Å²) in [5.74, 6) is 0.379. The molecule has 1 aromatic heterocycles. The van der Waals surface area contributed by atoms with E-state index in [1.165, 1.54) is 22.4 Å². The first-order chi connectivity index (χ1) is 10.1. The Balaban J connectivity index is 1.96. The number of hydrogen-bond acceptors (Lipinski definition) is 2. The van der Waals surface area contributed by atoms with Gasteiger partial charge in [-0.05, 0) is 47.7 Å². The fourth-order valence-corrected chi connectivity index (χ4v) is 3.26. The molecule has 110 valence electrons. The third-order valence-corrected chi connectivity index (χ3v) is 4.38. The van der Waals surface area contributed by atoms with Crippen molar-refractivity contribution < 1.29 is 0 Å². The molecule has 1 aromatic carbocycles. The number of nitrogens with one attached hydrogen (secondary N) is 1. The smallest absolute Gasteiger partial charge is 0.0510 e. The van der Waals surface area contributed by atoms with Crippen LogP contribution in [0.5, 0.6) is 0 Å². The van der Waals surface area contributed by atoms with E-state index in [4.69, 9.17) is 11.6 Å². The van der Waals surface area contributed by atoms with E-state index in [9.17, 15) is 0 Å². The molecule has 1 N–H and O–H groups in total. The van der Waals surface area contributed by atoms with Crippen LogP contribution in [0, 0.1) is 0 Å². The molecule has 21 heavy (non-hydrogen) atoms. The maximum atomic E-state index is 6.24. The van der Waals surface area contributed by atoms with Crippen LogP contribution in [0.25, 0.3) is 0 Å². The summed E-state index contributed by atoms with van der Waals surface area (Å²) in [6, 6.07) is 10.9. The third kappa shape index (κ3) is 3.12. The summed E-state index contributed by atoms with van der Waals surface area (Å²) >= 11 is 6.24. The van der Waals surface area contributed by atoms with Gasteiger partial charge in [0.15, 0.2) is 0 Å². The summed E-state index contributed by atoms with van der Waals surface area (Å²) < 4.78 is 0. The Hall–Kier alpha value is -1.38. The molecule has 0 bridgehead atoms. The summed E-state index contributed by atoms with van der Waals surface area (Å²) in [5, 5.41) is 4.31. The Morgan fingerprint density at radius 3 is 3.00 bits per heavy atom.